The predicted octanol–water partition coefficient (Wildman–Crippen LogP) is 10.9. The molecule has 7 aromatic carbocycles. The quantitative estimate of drug-likeness (QED) is 0.0992. The van der Waals surface area contributed by atoms with Crippen LogP contribution in [0.3, 0.4) is 0 Å². The normalized spacial score (nSPS) is 11.9. The molecule has 9 rings (SSSR count). The number of aromatic nitrogens is 1. The molecule has 0 atom stereocenters. The van der Waals surface area contributed by atoms with Crippen LogP contribution in [0.15, 0.2) is 173 Å². The molecule has 9 aromatic rings. The molecular weight excluding hydrogens is 653 g/mol. The molecule has 2 heterocycles. The molecule has 0 fully saturated rings. The summed E-state index contributed by atoms with van der Waals surface area (Å²) >= 11 is 0. The highest BCUT2D eigenvalue weighted by Crippen LogP contribution is 2.45. The van der Waals surface area contributed by atoms with Crippen molar-refractivity contribution in [1.82, 2.24) is 4.40 Å². The number of hydrogen-bond donors (Lipinski definition) is 0. The first-order valence-electron chi connectivity index (χ1n) is 17.7. The van der Waals surface area contributed by atoms with Gasteiger partial charge in [0.05, 0.1) is 36.0 Å². The van der Waals surface area contributed by atoms with E-state index in [0.29, 0.717) is 27.1 Å². The Kier molecular flexibility index (Phi) is 7.42. The van der Waals surface area contributed by atoms with Gasteiger partial charge in [-0.15, -0.1) is 0 Å². The summed E-state index contributed by atoms with van der Waals surface area (Å²) in [4.78, 5) is 31.0. The van der Waals surface area contributed by atoms with Gasteiger partial charge in [0, 0.05) is 38.4 Å². The van der Waals surface area contributed by atoms with Gasteiger partial charge in [0.15, 0.2) is 10.9 Å². The molecule has 0 amide bonds. The molecule has 0 bridgehead atoms. The number of pyridine rings is 2. The molecule has 250 valence electrons. The van der Waals surface area contributed by atoms with Crippen LogP contribution in [0.5, 0.6) is 0 Å². The molecule has 0 aliphatic heterocycles. The first kappa shape index (κ1) is 31.7. The molecule has 0 aliphatic carbocycles. The first-order chi connectivity index (χ1) is 25.3. The van der Waals surface area contributed by atoms with E-state index in [4.69, 9.17) is 0 Å². The van der Waals surface area contributed by atoms with Gasteiger partial charge in [-0.25, -0.2) is 0 Å². The third kappa shape index (κ3) is 5.04. The first-order valence-corrected chi connectivity index (χ1v) is 21.2. The van der Waals surface area contributed by atoms with Crippen molar-refractivity contribution in [2.24, 2.45) is 0 Å². The van der Waals surface area contributed by atoms with Gasteiger partial charge in [-0.3, -0.25) is 9.59 Å². The minimum atomic E-state index is -1.70. The Morgan fingerprint density at radius 1 is 0.462 bits per heavy atom. The highest BCUT2D eigenvalue weighted by molar-refractivity contribution is 6.88. The molecule has 5 heteroatoms. The smallest absolute Gasteiger partial charge is 0.197 e. The van der Waals surface area contributed by atoms with Crippen LogP contribution in [0.1, 0.15) is 0 Å². The van der Waals surface area contributed by atoms with Crippen molar-refractivity contribution < 1.29 is 0 Å². The maximum absolute atomic E-state index is 14.6. The zero-order chi connectivity index (χ0) is 35.6. The van der Waals surface area contributed by atoms with Crippen LogP contribution in [0, 0.1) is 0 Å². The van der Waals surface area contributed by atoms with Crippen LogP contribution in [0.2, 0.25) is 19.6 Å². The Hall–Kier alpha value is -6.30. The largest absolute Gasteiger partial charge is 0.309 e. The summed E-state index contributed by atoms with van der Waals surface area (Å²) in [5.74, 6) is 0. The van der Waals surface area contributed by atoms with Crippen LogP contribution in [-0.4, -0.2) is 12.5 Å². The third-order valence-electron chi connectivity index (χ3n) is 10.3. The average molecular weight is 689 g/mol. The van der Waals surface area contributed by atoms with E-state index in [1.807, 2.05) is 36.4 Å². The van der Waals surface area contributed by atoms with E-state index >= 15 is 0 Å². The monoisotopic (exact) mass is 688 g/mol. The van der Waals surface area contributed by atoms with E-state index in [1.54, 1.807) is 0 Å². The zero-order valence-corrected chi connectivity index (χ0v) is 30.3. The fourth-order valence-corrected chi connectivity index (χ4v) is 8.86. The Morgan fingerprint density at radius 3 is 1.48 bits per heavy atom. The van der Waals surface area contributed by atoms with Crippen LogP contribution >= 0.6 is 0 Å². The molecule has 52 heavy (non-hydrogen) atoms. The van der Waals surface area contributed by atoms with E-state index in [1.165, 1.54) is 5.19 Å². The molecule has 0 unspecified atom stereocenters. The SMILES string of the molecule is C[Si](C)(C)c1ccc2c(c1)c(=O)c1cccc3c(=O)c4cc(N(c5ccccc5-c5ccccc5)c5ccccc5-c5ccccc5)ccc4n2c31. The molecule has 0 spiro atoms. The van der Waals surface area contributed by atoms with Crippen LogP contribution in [-0.2, 0) is 0 Å². The van der Waals surface area contributed by atoms with E-state index in [9.17, 15) is 9.59 Å². The second kappa shape index (κ2) is 12.2. The number of fused-ring (bicyclic) bond motifs is 4. The average Bonchev–Trinajstić information content (AvgIpc) is 3.18. The minimum Gasteiger partial charge on any atom is -0.309 e. The molecule has 0 aliphatic rings. The fraction of sp³-hybridized carbons (Fsp3) is 0.0638. The summed E-state index contributed by atoms with van der Waals surface area (Å²) in [6, 6.07) is 55.8. The number of nitrogens with zero attached hydrogens (tertiary/aromatic N) is 2. The van der Waals surface area contributed by atoms with Crippen molar-refractivity contribution in [3.05, 3.63) is 184 Å². The van der Waals surface area contributed by atoms with Gasteiger partial charge in [0.2, 0.25) is 0 Å². The Bertz CT molecular complexity index is 2850. The number of benzene rings is 7. The molecule has 0 radical (unpaired) electrons. The topological polar surface area (TPSA) is 41.8 Å². The number of para-hydroxylation sites is 3. The lowest BCUT2D eigenvalue weighted by molar-refractivity contribution is 1.27. The molecule has 4 nitrogen and oxygen atoms in total. The number of anilines is 3. The number of rotatable bonds is 6. The molecule has 2 aromatic heterocycles. The van der Waals surface area contributed by atoms with E-state index in [0.717, 1.165) is 50.3 Å². The van der Waals surface area contributed by atoms with Crippen molar-refractivity contribution in [1.29, 1.82) is 0 Å². The lowest BCUT2D eigenvalue weighted by Gasteiger charge is -2.30. The van der Waals surface area contributed by atoms with Crippen molar-refractivity contribution in [2.45, 2.75) is 19.6 Å². The van der Waals surface area contributed by atoms with E-state index in [-0.39, 0.29) is 10.9 Å². The van der Waals surface area contributed by atoms with Gasteiger partial charge in [0.25, 0.3) is 0 Å². The van der Waals surface area contributed by atoms with Gasteiger partial charge < -0.3 is 9.30 Å². The summed E-state index contributed by atoms with van der Waals surface area (Å²) < 4.78 is 2.13. The van der Waals surface area contributed by atoms with Gasteiger partial charge in [-0.1, -0.05) is 134 Å². The second-order valence-electron chi connectivity index (χ2n) is 14.5. The predicted molar refractivity (Wildman–Crippen MR) is 222 cm³/mol. The Morgan fingerprint density at radius 2 is 0.942 bits per heavy atom. The third-order valence-corrected chi connectivity index (χ3v) is 12.3. The van der Waals surface area contributed by atoms with E-state index < -0.39 is 8.07 Å². The maximum atomic E-state index is 14.6. The Labute approximate surface area is 302 Å². The van der Waals surface area contributed by atoms with Crippen molar-refractivity contribution in [3.8, 4) is 22.3 Å². The Balaban J connectivity index is 1.38. The summed E-state index contributed by atoms with van der Waals surface area (Å²) in [6.07, 6.45) is 0. The van der Waals surface area contributed by atoms with Gasteiger partial charge >= 0.3 is 0 Å². The van der Waals surface area contributed by atoms with Crippen LogP contribution in [0.25, 0.3) is 60.3 Å². The van der Waals surface area contributed by atoms with Crippen molar-refractivity contribution in [3.63, 3.8) is 0 Å². The molecule has 0 N–H and O–H groups in total. The van der Waals surface area contributed by atoms with Crippen molar-refractivity contribution in [2.75, 3.05) is 4.90 Å². The summed E-state index contributed by atoms with van der Waals surface area (Å²) in [5, 5.41) is 3.61. The van der Waals surface area contributed by atoms with Crippen molar-refractivity contribution >= 4 is 68.4 Å². The van der Waals surface area contributed by atoms with Crippen LogP contribution in [0.4, 0.5) is 17.1 Å². The van der Waals surface area contributed by atoms with Gasteiger partial charge in [-0.2, -0.15) is 0 Å². The molecular formula is C47H36N2O2Si. The summed E-state index contributed by atoms with van der Waals surface area (Å²) in [5.41, 5.74) is 9.35. The highest BCUT2D eigenvalue weighted by Gasteiger charge is 2.24. The number of hydrogen-bond acceptors (Lipinski definition) is 3. The second-order valence-corrected chi connectivity index (χ2v) is 19.6. The standard InChI is InChI=1S/C47H36N2O2Si/c1-52(2,3)34-26-28-44-40(30-34)47(51)38-22-14-21-37-45(38)49(44)43-27-25-33(29-39(43)46(37)50)48(41-23-12-10-19-35(41)31-15-6-4-7-16-31)42-24-13-11-20-36(42)32-17-8-5-9-18-32/h4-30H,1-3H3. The maximum Gasteiger partial charge on any atom is 0.197 e. The lowest BCUT2D eigenvalue weighted by atomic mass is 9.98. The minimum absolute atomic E-state index is 0.0303. The summed E-state index contributed by atoms with van der Waals surface area (Å²) in [7, 11) is -1.70. The highest BCUT2D eigenvalue weighted by atomic mass is 28.3. The lowest BCUT2D eigenvalue weighted by Crippen LogP contribution is -2.37. The van der Waals surface area contributed by atoms with Gasteiger partial charge in [0.1, 0.15) is 0 Å². The molecule has 0 saturated carbocycles. The van der Waals surface area contributed by atoms with Crippen LogP contribution < -0.4 is 20.9 Å². The van der Waals surface area contributed by atoms with Gasteiger partial charge in [-0.05, 0) is 65.7 Å². The molecule has 0 saturated heterocycles. The van der Waals surface area contributed by atoms with E-state index in [2.05, 4.69) is 156 Å². The fourth-order valence-electron chi connectivity index (χ4n) is 7.70. The summed E-state index contributed by atoms with van der Waals surface area (Å²) in [6.45, 7) is 6.88. The zero-order valence-electron chi connectivity index (χ0n) is 29.3.